The Morgan fingerprint density at radius 1 is 1.43 bits per heavy atom. The van der Waals surface area contributed by atoms with Gasteiger partial charge in [-0.2, -0.15) is 0 Å². The SMILES string of the molecule is C=C(Cl)c1oc(C2=C/C=C\C(C)C\C=C\2)cc1/N=C(/Cl)CCC. The molecule has 4 heteroatoms. The van der Waals surface area contributed by atoms with Gasteiger partial charge in [0.1, 0.15) is 16.6 Å². The monoisotopic (exact) mass is 349 g/mol. The molecule has 2 nitrogen and oxygen atoms in total. The summed E-state index contributed by atoms with van der Waals surface area (Å²) >= 11 is 12.2. The van der Waals surface area contributed by atoms with Crippen LogP contribution >= 0.6 is 23.2 Å². The van der Waals surface area contributed by atoms with Gasteiger partial charge in [-0.25, -0.2) is 4.99 Å². The fraction of sp³-hybridized carbons (Fsp3) is 0.316. The molecule has 0 saturated heterocycles. The fourth-order valence-electron chi connectivity index (χ4n) is 2.25. The highest BCUT2D eigenvalue weighted by Crippen LogP contribution is 2.35. The maximum atomic E-state index is 6.15. The third kappa shape index (κ3) is 4.98. The molecule has 1 aromatic rings. The van der Waals surface area contributed by atoms with Crippen molar-refractivity contribution in [3.63, 3.8) is 0 Å². The van der Waals surface area contributed by atoms with Crippen LogP contribution in [0.3, 0.4) is 0 Å². The van der Waals surface area contributed by atoms with Crippen molar-refractivity contribution < 1.29 is 4.42 Å². The van der Waals surface area contributed by atoms with Crippen molar-refractivity contribution >= 4 is 44.7 Å². The summed E-state index contributed by atoms with van der Waals surface area (Å²) in [6, 6.07) is 1.86. The lowest BCUT2D eigenvalue weighted by atomic mass is 10.0. The second kappa shape index (κ2) is 8.37. The van der Waals surface area contributed by atoms with Crippen LogP contribution in [0.2, 0.25) is 0 Å². The molecule has 0 aliphatic heterocycles. The van der Waals surface area contributed by atoms with Crippen LogP contribution in [0.1, 0.15) is 44.6 Å². The number of hydrogen-bond donors (Lipinski definition) is 0. The highest BCUT2D eigenvalue weighted by atomic mass is 35.5. The van der Waals surface area contributed by atoms with E-state index in [1.165, 1.54) is 0 Å². The minimum absolute atomic E-state index is 0.315. The number of allylic oxidation sites excluding steroid dienone is 6. The standard InChI is InChI=1S/C19H21Cl2NO/c1-4-7-18(21)22-16-12-17(23-19(16)14(3)20)15-10-5-8-13(2)9-6-11-15/h5-6,8,10-13H,3-4,7,9H2,1-2H3/b8-5-,11-6+,15-10+,22-18+. The smallest absolute Gasteiger partial charge is 0.171 e. The molecule has 1 unspecified atom stereocenters. The minimum Gasteiger partial charge on any atom is -0.453 e. The van der Waals surface area contributed by atoms with E-state index in [-0.39, 0.29) is 0 Å². The van der Waals surface area contributed by atoms with Crippen LogP contribution in [0.4, 0.5) is 5.69 Å². The second-order valence-electron chi connectivity index (χ2n) is 5.59. The summed E-state index contributed by atoms with van der Waals surface area (Å²) in [5, 5.41) is 0.852. The lowest BCUT2D eigenvalue weighted by Crippen LogP contribution is -1.88. The first-order chi connectivity index (χ1) is 11.0. The summed E-state index contributed by atoms with van der Waals surface area (Å²) < 4.78 is 5.87. The van der Waals surface area contributed by atoms with Crippen LogP contribution in [0.25, 0.3) is 10.6 Å². The zero-order valence-electron chi connectivity index (χ0n) is 13.5. The number of nitrogens with zero attached hydrogens (tertiary/aromatic N) is 1. The van der Waals surface area contributed by atoms with Crippen molar-refractivity contribution in [2.24, 2.45) is 10.9 Å². The van der Waals surface area contributed by atoms with Crippen LogP contribution in [0.15, 0.2) is 52.4 Å². The van der Waals surface area contributed by atoms with Crippen molar-refractivity contribution in [1.29, 1.82) is 0 Å². The van der Waals surface area contributed by atoms with Crippen LogP contribution < -0.4 is 0 Å². The van der Waals surface area contributed by atoms with Gasteiger partial charge in [-0.3, -0.25) is 0 Å². The maximum Gasteiger partial charge on any atom is 0.171 e. The molecule has 1 aliphatic carbocycles. The molecule has 0 N–H and O–H groups in total. The first-order valence-electron chi connectivity index (χ1n) is 7.78. The third-order valence-corrected chi connectivity index (χ3v) is 3.91. The van der Waals surface area contributed by atoms with E-state index in [0.29, 0.717) is 33.3 Å². The van der Waals surface area contributed by atoms with E-state index in [0.717, 1.165) is 24.8 Å². The number of halogens is 2. The average Bonchev–Trinajstić information content (AvgIpc) is 2.86. The van der Waals surface area contributed by atoms with E-state index in [1.807, 2.05) is 18.2 Å². The van der Waals surface area contributed by atoms with Gasteiger partial charge in [0.25, 0.3) is 0 Å². The van der Waals surface area contributed by atoms with Crippen LogP contribution in [0, 0.1) is 5.92 Å². The van der Waals surface area contributed by atoms with Gasteiger partial charge in [0, 0.05) is 18.1 Å². The second-order valence-corrected chi connectivity index (χ2v) is 6.48. The van der Waals surface area contributed by atoms with E-state index in [2.05, 4.69) is 43.6 Å². The summed E-state index contributed by atoms with van der Waals surface area (Å²) in [7, 11) is 0. The Hall–Kier alpha value is -1.51. The molecule has 2 rings (SSSR count). The summed E-state index contributed by atoms with van der Waals surface area (Å²) in [4.78, 5) is 4.41. The summed E-state index contributed by atoms with van der Waals surface area (Å²) in [6.07, 6.45) is 13.1. The average molecular weight is 350 g/mol. The van der Waals surface area contributed by atoms with Crippen molar-refractivity contribution in [3.8, 4) is 0 Å². The molecule has 1 atom stereocenters. The lowest BCUT2D eigenvalue weighted by Gasteiger charge is -2.04. The Kier molecular flexibility index (Phi) is 6.49. The van der Waals surface area contributed by atoms with Crippen molar-refractivity contribution in [2.45, 2.75) is 33.1 Å². The molecule has 0 radical (unpaired) electrons. The third-order valence-electron chi connectivity index (χ3n) is 3.46. The normalized spacial score (nSPS) is 23.6. The molecule has 122 valence electrons. The fourth-order valence-corrected chi connectivity index (χ4v) is 2.67. The molecule has 0 fully saturated rings. The van der Waals surface area contributed by atoms with Crippen LogP contribution in [-0.4, -0.2) is 5.17 Å². The quantitative estimate of drug-likeness (QED) is 0.520. The Morgan fingerprint density at radius 2 is 2.22 bits per heavy atom. The molecular formula is C19H21Cl2NO. The van der Waals surface area contributed by atoms with E-state index < -0.39 is 0 Å². The zero-order chi connectivity index (χ0) is 16.8. The molecule has 23 heavy (non-hydrogen) atoms. The van der Waals surface area contributed by atoms with Crippen molar-refractivity contribution in [1.82, 2.24) is 0 Å². The van der Waals surface area contributed by atoms with E-state index in [4.69, 9.17) is 27.6 Å². The van der Waals surface area contributed by atoms with Gasteiger partial charge in [-0.1, -0.05) is 74.0 Å². The number of aliphatic imine (C=N–C) groups is 1. The number of rotatable bonds is 5. The minimum atomic E-state index is 0.315. The summed E-state index contributed by atoms with van der Waals surface area (Å²) in [5.41, 5.74) is 1.59. The molecule has 1 heterocycles. The van der Waals surface area contributed by atoms with Crippen molar-refractivity contribution in [2.75, 3.05) is 0 Å². The Balaban J connectivity index is 2.41. The van der Waals surface area contributed by atoms with E-state index >= 15 is 0 Å². The molecule has 0 bridgehead atoms. The predicted molar refractivity (Wildman–Crippen MR) is 101 cm³/mol. The van der Waals surface area contributed by atoms with Gasteiger partial charge in [0.15, 0.2) is 5.76 Å². The first kappa shape index (κ1) is 17.8. The van der Waals surface area contributed by atoms with Gasteiger partial charge >= 0.3 is 0 Å². The highest BCUT2D eigenvalue weighted by molar-refractivity contribution is 6.65. The van der Waals surface area contributed by atoms with Gasteiger partial charge in [0.05, 0.1) is 5.03 Å². The molecule has 0 amide bonds. The summed E-state index contributed by atoms with van der Waals surface area (Å²) in [6.45, 7) is 7.99. The topological polar surface area (TPSA) is 25.5 Å². The Morgan fingerprint density at radius 3 is 2.91 bits per heavy atom. The first-order valence-corrected chi connectivity index (χ1v) is 8.54. The zero-order valence-corrected chi connectivity index (χ0v) is 15.0. The molecule has 0 spiro atoms. The molecule has 0 aromatic carbocycles. The lowest BCUT2D eigenvalue weighted by molar-refractivity contribution is 0.543. The van der Waals surface area contributed by atoms with Gasteiger partial charge in [-0.15, -0.1) is 0 Å². The molecule has 0 saturated carbocycles. The number of furan rings is 1. The van der Waals surface area contributed by atoms with Crippen LogP contribution in [-0.2, 0) is 0 Å². The van der Waals surface area contributed by atoms with Gasteiger partial charge in [0.2, 0.25) is 0 Å². The summed E-state index contributed by atoms with van der Waals surface area (Å²) in [5.74, 6) is 1.70. The van der Waals surface area contributed by atoms with Gasteiger partial charge < -0.3 is 4.42 Å². The number of hydrogen-bond acceptors (Lipinski definition) is 2. The molecule has 1 aromatic heterocycles. The Labute approximate surface area is 147 Å². The largest absolute Gasteiger partial charge is 0.453 e. The van der Waals surface area contributed by atoms with E-state index in [9.17, 15) is 0 Å². The predicted octanol–water partition coefficient (Wildman–Crippen LogP) is 7.09. The molecule has 1 aliphatic rings. The Bertz CT molecular complexity index is 692. The highest BCUT2D eigenvalue weighted by Gasteiger charge is 2.15. The molecular weight excluding hydrogens is 329 g/mol. The maximum absolute atomic E-state index is 6.15. The van der Waals surface area contributed by atoms with E-state index in [1.54, 1.807) is 0 Å². The van der Waals surface area contributed by atoms with Gasteiger partial charge in [-0.05, 0) is 18.8 Å². The van der Waals surface area contributed by atoms with Crippen LogP contribution in [0.5, 0.6) is 0 Å². The van der Waals surface area contributed by atoms with Crippen molar-refractivity contribution in [3.05, 3.63) is 54.5 Å².